The van der Waals surface area contributed by atoms with Crippen molar-refractivity contribution >= 4 is 11.9 Å². The molecule has 4 nitrogen and oxygen atoms in total. The first-order valence-corrected chi connectivity index (χ1v) is 7.06. The van der Waals surface area contributed by atoms with Gasteiger partial charge >= 0.3 is 11.9 Å². The average molecular weight is 296 g/mol. The summed E-state index contributed by atoms with van der Waals surface area (Å²) in [7, 11) is 0. The van der Waals surface area contributed by atoms with E-state index in [1.807, 2.05) is 0 Å². The summed E-state index contributed by atoms with van der Waals surface area (Å²) in [5, 5.41) is 0. The highest BCUT2D eigenvalue weighted by atomic mass is 16.6. The summed E-state index contributed by atoms with van der Waals surface area (Å²) < 4.78 is 10.8. The van der Waals surface area contributed by atoms with Crippen molar-refractivity contribution in [3.05, 3.63) is 25.3 Å². The summed E-state index contributed by atoms with van der Waals surface area (Å²) in [4.78, 5) is 25.1. The van der Waals surface area contributed by atoms with Crippen molar-refractivity contribution in [1.29, 1.82) is 0 Å². The molecule has 0 saturated heterocycles. The lowest BCUT2D eigenvalue weighted by molar-refractivity contribution is -0.185. The predicted molar refractivity (Wildman–Crippen MR) is 83.8 cm³/mol. The third-order valence-electron chi connectivity index (χ3n) is 2.56. The fourth-order valence-electron chi connectivity index (χ4n) is 1.74. The summed E-state index contributed by atoms with van der Waals surface area (Å²) >= 11 is 0. The number of carbonyl (C=O) groups is 2. The Morgan fingerprint density at radius 2 is 1.10 bits per heavy atom. The molecule has 120 valence electrons. The molecule has 0 aliphatic carbocycles. The lowest BCUT2D eigenvalue weighted by Gasteiger charge is -2.33. The Morgan fingerprint density at radius 3 is 1.29 bits per heavy atom. The molecule has 0 rings (SSSR count). The summed E-state index contributed by atoms with van der Waals surface area (Å²) in [5.74, 6) is -1.21. The van der Waals surface area contributed by atoms with E-state index in [9.17, 15) is 9.59 Å². The van der Waals surface area contributed by atoms with Gasteiger partial charge in [-0.2, -0.15) is 0 Å². The lowest BCUT2D eigenvalue weighted by Crippen LogP contribution is -2.46. The van der Waals surface area contributed by atoms with Gasteiger partial charge in [-0.1, -0.05) is 12.2 Å². The van der Waals surface area contributed by atoms with Crippen molar-refractivity contribution in [2.45, 2.75) is 65.6 Å². The van der Waals surface area contributed by atoms with Crippen LogP contribution in [0.15, 0.2) is 25.3 Å². The molecule has 0 aromatic rings. The van der Waals surface area contributed by atoms with Crippen LogP contribution < -0.4 is 0 Å². The van der Waals surface area contributed by atoms with Crippen LogP contribution in [-0.2, 0) is 19.1 Å². The number of esters is 2. The molecule has 0 radical (unpaired) electrons. The van der Waals surface area contributed by atoms with Gasteiger partial charge in [-0.25, -0.2) is 0 Å². The van der Waals surface area contributed by atoms with Crippen molar-refractivity contribution in [2.75, 3.05) is 0 Å². The molecular weight excluding hydrogens is 268 g/mol. The van der Waals surface area contributed by atoms with Gasteiger partial charge in [-0.05, 0) is 54.4 Å². The fraction of sp³-hybridized carbons (Fsp3) is 0.647. The van der Waals surface area contributed by atoms with Gasteiger partial charge in [0.2, 0.25) is 0 Å². The summed E-state index contributed by atoms with van der Waals surface area (Å²) in [6.45, 7) is 17.8. The molecule has 21 heavy (non-hydrogen) atoms. The molecule has 4 heteroatoms. The first kappa shape index (κ1) is 19.4. The number of hydrogen-bond donors (Lipinski definition) is 0. The molecule has 0 aliphatic heterocycles. The van der Waals surface area contributed by atoms with Crippen LogP contribution in [0.2, 0.25) is 0 Å². The molecule has 0 aromatic carbocycles. The normalized spacial score (nSPS) is 12.5. The van der Waals surface area contributed by atoms with Gasteiger partial charge in [0.1, 0.15) is 11.2 Å². The third kappa shape index (κ3) is 6.15. The van der Waals surface area contributed by atoms with Crippen LogP contribution in [0.4, 0.5) is 0 Å². The zero-order chi connectivity index (χ0) is 16.9. The van der Waals surface area contributed by atoms with Gasteiger partial charge < -0.3 is 9.47 Å². The largest absolute Gasteiger partial charge is 0.459 e. The first-order chi connectivity index (χ1) is 9.38. The molecular formula is C17H28O4. The van der Waals surface area contributed by atoms with Crippen LogP contribution >= 0.6 is 0 Å². The van der Waals surface area contributed by atoms with E-state index in [0.29, 0.717) is 0 Å². The molecule has 0 unspecified atom stereocenters. The van der Waals surface area contributed by atoms with Crippen LogP contribution in [-0.4, -0.2) is 23.1 Å². The highest BCUT2D eigenvalue weighted by molar-refractivity contribution is 6.00. The van der Waals surface area contributed by atoms with Crippen LogP contribution in [0.3, 0.4) is 0 Å². The Bertz CT molecular complexity index is 367. The number of ether oxygens (including phenoxy) is 2. The average Bonchev–Trinajstić information content (AvgIpc) is 2.23. The van der Waals surface area contributed by atoms with Gasteiger partial charge in [0.25, 0.3) is 0 Å². The van der Waals surface area contributed by atoms with Crippen LogP contribution in [0.5, 0.6) is 0 Å². The van der Waals surface area contributed by atoms with Crippen molar-refractivity contribution in [2.24, 2.45) is 5.41 Å². The van der Waals surface area contributed by atoms with E-state index in [2.05, 4.69) is 13.2 Å². The molecule has 0 amide bonds. The second-order valence-corrected chi connectivity index (χ2v) is 7.07. The maximum absolute atomic E-state index is 12.6. The van der Waals surface area contributed by atoms with Crippen LogP contribution in [0.25, 0.3) is 0 Å². The SMILES string of the molecule is C=CCC(CC=C)(C(=O)OC(C)(C)C)C(=O)OC(C)(C)C. The first-order valence-electron chi connectivity index (χ1n) is 7.06. The molecule has 0 heterocycles. The molecule has 0 atom stereocenters. The highest BCUT2D eigenvalue weighted by Crippen LogP contribution is 2.34. The van der Waals surface area contributed by atoms with Gasteiger partial charge in [0.05, 0.1) is 0 Å². The minimum Gasteiger partial charge on any atom is -0.459 e. The Balaban J connectivity index is 5.63. The smallest absolute Gasteiger partial charge is 0.324 e. The standard InChI is InChI=1S/C17H28O4/c1-9-11-17(12-10-2,13(18)20-15(3,4)5)14(19)21-16(6,7)8/h9-10H,1-2,11-12H2,3-8H3. The molecule has 0 spiro atoms. The minimum absolute atomic E-state index is 0.142. The van der Waals surface area contributed by atoms with Crippen LogP contribution in [0.1, 0.15) is 54.4 Å². The Labute approximate surface area is 128 Å². The zero-order valence-corrected chi connectivity index (χ0v) is 14.1. The van der Waals surface area contributed by atoms with E-state index < -0.39 is 28.6 Å². The van der Waals surface area contributed by atoms with E-state index in [1.54, 1.807) is 41.5 Å². The van der Waals surface area contributed by atoms with Crippen LogP contribution in [0, 0.1) is 5.41 Å². The highest BCUT2D eigenvalue weighted by Gasteiger charge is 2.49. The van der Waals surface area contributed by atoms with Crippen molar-refractivity contribution in [3.8, 4) is 0 Å². The quantitative estimate of drug-likeness (QED) is 0.425. The Kier molecular flexibility index (Phi) is 6.40. The molecule has 0 bridgehead atoms. The third-order valence-corrected chi connectivity index (χ3v) is 2.56. The summed E-state index contributed by atoms with van der Waals surface area (Å²) in [6, 6.07) is 0. The van der Waals surface area contributed by atoms with Crippen molar-refractivity contribution < 1.29 is 19.1 Å². The van der Waals surface area contributed by atoms with Gasteiger partial charge in [-0.15, -0.1) is 13.2 Å². The van der Waals surface area contributed by atoms with Crippen molar-refractivity contribution in [3.63, 3.8) is 0 Å². The second kappa shape index (κ2) is 6.92. The monoisotopic (exact) mass is 296 g/mol. The Hall–Kier alpha value is -1.58. The Morgan fingerprint density at radius 1 is 0.810 bits per heavy atom. The van der Waals surface area contributed by atoms with Gasteiger partial charge in [-0.3, -0.25) is 9.59 Å². The number of allylic oxidation sites excluding steroid dienone is 2. The fourth-order valence-corrected chi connectivity index (χ4v) is 1.74. The number of rotatable bonds is 6. The van der Waals surface area contributed by atoms with E-state index in [4.69, 9.17) is 9.47 Å². The predicted octanol–water partition coefficient (Wildman–Crippen LogP) is 3.81. The van der Waals surface area contributed by atoms with Gasteiger partial charge in [0.15, 0.2) is 5.41 Å². The minimum atomic E-state index is -1.43. The second-order valence-electron chi connectivity index (χ2n) is 7.07. The van der Waals surface area contributed by atoms with Crippen molar-refractivity contribution in [1.82, 2.24) is 0 Å². The number of carbonyl (C=O) groups excluding carboxylic acids is 2. The zero-order valence-electron chi connectivity index (χ0n) is 14.1. The van der Waals surface area contributed by atoms with E-state index in [1.165, 1.54) is 12.2 Å². The molecule has 0 N–H and O–H groups in total. The maximum Gasteiger partial charge on any atom is 0.324 e. The summed E-state index contributed by atoms with van der Waals surface area (Å²) in [6.07, 6.45) is 3.33. The van der Waals surface area contributed by atoms with E-state index in [-0.39, 0.29) is 12.8 Å². The molecule has 0 aliphatic rings. The van der Waals surface area contributed by atoms with E-state index >= 15 is 0 Å². The summed E-state index contributed by atoms with van der Waals surface area (Å²) in [5.41, 5.74) is -2.80. The maximum atomic E-state index is 12.6. The molecule has 0 aromatic heterocycles. The molecule has 0 fully saturated rings. The number of hydrogen-bond acceptors (Lipinski definition) is 4. The van der Waals surface area contributed by atoms with Gasteiger partial charge in [0, 0.05) is 0 Å². The van der Waals surface area contributed by atoms with E-state index in [0.717, 1.165) is 0 Å². The molecule has 0 saturated carbocycles. The lowest BCUT2D eigenvalue weighted by atomic mass is 9.80. The topological polar surface area (TPSA) is 52.6 Å².